The van der Waals surface area contributed by atoms with Crippen LogP contribution in [0.3, 0.4) is 0 Å². The van der Waals surface area contributed by atoms with Crippen LogP contribution in [-0.4, -0.2) is 65.9 Å². The number of nitrogens with zero attached hydrogens (tertiary/aromatic N) is 3. The number of hydrogen-bond donors (Lipinski definition) is 6. The average Bonchev–Trinajstić information content (AvgIpc) is 3.53. The molecule has 0 aliphatic carbocycles. The number of carbonyl (C=O) groups excluding carboxylic acids is 3. The zero-order valence-electron chi connectivity index (χ0n) is 17.7. The standard InChI is InChI=1S/3C6H9N3O2.Fe/c3*7-5(6(10)11)1-4-2-8-3-9-4;/h3*2-3,5H,1,7H2,(H,8,9)(H,10,11);/q;;;+3/p-3/t3*5-;/m000./s1. The predicted molar refractivity (Wildman–Crippen MR) is 106 cm³/mol. The van der Waals surface area contributed by atoms with Gasteiger partial charge in [-0.1, -0.05) is 0 Å². The molecular weight excluding hydrogens is 494 g/mol. The molecule has 0 saturated carbocycles. The Labute approximate surface area is 204 Å². The van der Waals surface area contributed by atoms with E-state index in [-0.39, 0.29) is 36.3 Å². The van der Waals surface area contributed by atoms with Gasteiger partial charge in [-0.3, -0.25) is 0 Å². The maximum absolute atomic E-state index is 10.2. The van der Waals surface area contributed by atoms with Crippen molar-refractivity contribution in [1.29, 1.82) is 0 Å². The average molecular weight is 518 g/mol. The molecule has 0 unspecified atom stereocenters. The number of carboxylic acid groups (broad SMARTS) is 3. The van der Waals surface area contributed by atoms with Crippen LogP contribution in [0.4, 0.5) is 0 Å². The zero-order valence-corrected chi connectivity index (χ0v) is 18.8. The summed E-state index contributed by atoms with van der Waals surface area (Å²) in [6, 6.07) is -2.89. The number of nitrogens with two attached hydrogens (primary N) is 3. The summed E-state index contributed by atoms with van der Waals surface area (Å²) in [4.78, 5) is 49.8. The first-order valence-corrected chi connectivity index (χ1v) is 9.41. The Kier molecular flexibility index (Phi) is 14.4. The van der Waals surface area contributed by atoms with E-state index in [2.05, 4.69) is 29.9 Å². The number of aliphatic carboxylic acids is 3. The summed E-state index contributed by atoms with van der Waals surface area (Å²) in [6.45, 7) is 0. The number of rotatable bonds is 9. The molecule has 3 atom stereocenters. The van der Waals surface area contributed by atoms with Gasteiger partial charge in [-0.2, -0.15) is 0 Å². The summed E-state index contributed by atoms with van der Waals surface area (Å²) >= 11 is 0. The van der Waals surface area contributed by atoms with Gasteiger partial charge in [0.25, 0.3) is 0 Å². The maximum Gasteiger partial charge on any atom is 3.00 e. The van der Waals surface area contributed by atoms with E-state index in [0.717, 1.165) is 0 Å². The minimum Gasteiger partial charge on any atom is -0.548 e. The third kappa shape index (κ3) is 12.5. The van der Waals surface area contributed by atoms with E-state index in [4.69, 9.17) is 17.2 Å². The van der Waals surface area contributed by atoms with Gasteiger partial charge < -0.3 is 61.9 Å². The molecule has 3 rings (SSSR count). The van der Waals surface area contributed by atoms with E-state index >= 15 is 0 Å². The molecule has 0 aromatic carbocycles. The van der Waals surface area contributed by atoms with E-state index in [1.807, 2.05) is 0 Å². The molecule has 0 aliphatic heterocycles. The van der Waals surface area contributed by atoms with E-state index in [9.17, 15) is 29.7 Å². The molecule has 15 nitrogen and oxygen atoms in total. The van der Waals surface area contributed by atoms with Crippen molar-refractivity contribution in [2.24, 2.45) is 17.2 Å². The Morgan fingerprint density at radius 2 is 0.882 bits per heavy atom. The molecule has 9 N–H and O–H groups in total. The molecule has 16 heteroatoms. The Hall–Kier alpha value is -3.56. The Balaban J connectivity index is 0.000000473. The smallest absolute Gasteiger partial charge is 0.548 e. The van der Waals surface area contributed by atoms with Crippen molar-refractivity contribution in [3.8, 4) is 0 Å². The van der Waals surface area contributed by atoms with Crippen LogP contribution in [0.2, 0.25) is 0 Å². The summed E-state index contributed by atoms with van der Waals surface area (Å²) in [6.07, 6.45) is 9.67. The van der Waals surface area contributed by atoms with Gasteiger partial charge >= 0.3 is 17.1 Å². The normalized spacial score (nSPS) is 12.4. The van der Waals surface area contributed by atoms with E-state index in [0.29, 0.717) is 17.1 Å². The Morgan fingerprint density at radius 3 is 1.03 bits per heavy atom. The monoisotopic (exact) mass is 518 g/mol. The number of aromatic amines is 3. The van der Waals surface area contributed by atoms with Crippen LogP contribution in [0.15, 0.2) is 37.6 Å². The number of carbonyl (C=O) groups is 3. The molecular formula is C18H24FeN9O6. The number of imidazole rings is 3. The van der Waals surface area contributed by atoms with Gasteiger partial charge in [0.2, 0.25) is 0 Å². The fourth-order valence-corrected chi connectivity index (χ4v) is 2.15. The number of hydrogen-bond acceptors (Lipinski definition) is 12. The van der Waals surface area contributed by atoms with Crippen molar-refractivity contribution in [3.05, 3.63) is 54.7 Å². The molecule has 3 aromatic heterocycles. The molecule has 3 aromatic rings. The molecule has 3 heterocycles. The number of aromatic nitrogens is 6. The fraction of sp³-hybridized carbons (Fsp3) is 0.333. The minimum atomic E-state index is -1.25. The van der Waals surface area contributed by atoms with E-state index in [1.165, 1.54) is 37.6 Å². The summed E-state index contributed by atoms with van der Waals surface area (Å²) in [5.41, 5.74) is 17.7. The summed E-state index contributed by atoms with van der Waals surface area (Å²) < 4.78 is 0. The van der Waals surface area contributed by atoms with Gasteiger partial charge in [-0.25, -0.2) is 15.0 Å². The van der Waals surface area contributed by atoms with Crippen LogP contribution in [0.25, 0.3) is 0 Å². The third-order valence-electron chi connectivity index (χ3n) is 3.89. The van der Waals surface area contributed by atoms with Crippen molar-refractivity contribution < 1.29 is 46.8 Å². The second-order valence-electron chi connectivity index (χ2n) is 6.62. The molecule has 34 heavy (non-hydrogen) atoms. The minimum absolute atomic E-state index is 0. The van der Waals surface area contributed by atoms with Crippen LogP contribution in [-0.2, 0) is 50.7 Å². The topological polar surface area (TPSA) is 284 Å². The maximum atomic E-state index is 10.2. The summed E-state index contributed by atoms with van der Waals surface area (Å²) in [5.74, 6) is -3.75. The zero-order chi connectivity index (χ0) is 24.8. The molecule has 0 bridgehead atoms. The van der Waals surface area contributed by atoms with Crippen molar-refractivity contribution in [2.75, 3.05) is 0 Å². The van der Waals surface area contributed by atoms with Gasteiger partial charge in [0, 0.05) is 73.1 Å². The molecule has 0 saturated heterocycles. The SMILES string of the molecule is N[C@@H](Cc1cnc[nH]1)C(=O)[O-].N[C@@H](Cc1cnc[nH]1)C(=O)[O-].N[C@@H](Cc1cnc[nH]1)C(=O)[O-].[Fe+3]. The van der Waals surface area contributed by atoms with Gasteiger partial charge in [-0.15, -0.1) is 0 Å². The van der Waals surface area contributed by atoms with Crippen LogP contribution in [0.1, 0.15) is 17.1 Å². The number of nitrogens with one attached hydrogen (secondary N) is 3. The first-order chi connectivity index (χ1) is 15.6. The van der Waals surface area contributed by atoms with E-state index in [1.54, 1.807) is 0 Å². The van der Waals surface area contributed by atoms with Crippen molar-refractivity contribution in [2.45, 2.75) is 37.4 Å². The summed E-state index contributed by atoms with van der Waals surface area (Å²) in [5, 5.41) is 30.5. The van der Waals surface area contributed by atoms with Crippen LogP contribution >= 0.6 is 0 Å². The first-order valence-electron chi connectivity index (χ1n) is 9.41. The molecule has 0 spiro atoms. The predicted octanol–water partition coefficient (Wildman–Crippen LogP) is -5.91. The van der Waals surface area contributed by atoms with E-state index < -0.39 is 36.0 Å². The molecule has 185 valence electrons. The van der Waals surface area contributed by atoms with Crippen LogP contribution in [0.5, 0.6) is 0 Å². The van der Waals surface area contributed by atoms with Crippen molar-refractivity contribution in [3.63, 3.8) is 0 Å². The van der Waals surface area contributed by atoms with Crippen molar-refractivity contribution in [1.82, 2.24) is 29.9 Å². The molecule has 0 fully saturated rings. The number of H-pyrrole nitrogens is 3. The third-order valence-corrected chi connectivity index (χ3v) is 3.89. The molecule has 1 radical (unpaired) electrons. The fourth-order valence-electron chi connectivity index (χ4n) is 2.15. The van der Waals surface area contributed by atoms with Crippen molar-refractivity contribution >= 4 is 17.9 Å². The van der Waals surface area contributed by atoms with Gasteiger partial charge in [0.15, 0.2) is 0 Å². The van der Waals surface area contributed by atoms with Crippen LogP contribution < -0.4 is 32.5 Å². The Morgan fingerprint density at radius 1 is 0.647 bits per heavy atom. The Bertz CT molecular complexity index is 827. The van der Waals surface area contributed by atoms with Gasteiger partial charge in [-0.05, 0) is 0 Å². The first kappa shape index (κ1) is 30.4. The molecule has 0 aliphatic rings. The van der Waals surface area contributed by atoms with Gasteiger partial charge in [0.1, 0.15) is 0 Å². The molecule has 0 amide bonds. The largest absolute Gasteiger partial charge is 3.00 e. The quantitative estimate of drug-likeness (QED) is 0.144. The second kappa shape index (κ2) is 16.1. The van der Waals surface area contributed by atoms with Crippen LogP contribution in [0, 0.1) is 0 Å². The summed E-state index contributed by atoms with van der Waals surface area (Å²) in [7, 11) is 0. The number of carboxylic acids is 3. The second-order valence-corrected chi connectivity index (χ2v) is 6.62. The van der Waals surface area contributed by atoms with Gasteiger partial charge in [0.05, 0.1) is 36.9 Å².